The Kier molecular flexibility index (Phi) is 4.42. The number of phenolic OH excluding ortho intramolecular Hbond substituents is 1. The van der Waals surface area contributed by atoms with Crippen LogP contribution in [0, 0.1) is 17.0 Å². The molecular formula is C16H18N2O3. The molecule has 0 saturated carbocycles. The van der Waals surface area contributed by atoms with E-state index in [4.69, 9.17) is 0 Å². The van der Waals surface area contributed by atoms with Crippen LogP contribution in [0.25, 0.3) is 0 Å². The molecule has 0 fully saturated rings. The van der Waals surface area contributed by atoms with Gasteiger partial charge in [-0.25, -0.2) is 0 Å². The van der Waals surface area contributed by atoms with Gasteiger partial charge in [0.25, 0.3) is 5.69 Å². The second kappa shape index (κ2) is 6.26. The van der Waals surface area contributed by atoms with Gasteiger partial charge in [-0.2, -0.15) is 0 Å². The Bertz CT molecular complexity index is 638. The van der Waals surface area contributed by atoms with E-state index in [0.29, 0.717) is 5.56 Å². The van der Waals surface area contributed by atoms with Crippen molar-refractivity contribution < 1.29 is 10.0 Å². The normalized spacial score (nSPS) is 11.9. The summed E-state index contributed by atoms with van der Waals surface area (Å²) in [6.07, 6.45) is 0.766. The topological polar surface area (TPSA) is 75.4 Å². The first-order valence-electron chi connectivity index (χ1n) is 6.75. The third kappa shape index (κ3) is 3.95. The molecule has 0 bridgehead atoms. The van der Waals surface area contributed by atoms with Crippen LogP contribution in [0.2, 0.25) is 0 Å². The number of hydrogen-bond acceptors (Lipinski definition) is 4. The summed E-state index contributed by atoms with van der Waals surface area (Å²) in [6.45, 7) is 3.74. The lowest BCUT2D eigenvalue weighted by Gasteiger charge is -2.15. The molecule has 0 aliphatic heterocycles. The Morgan fingerprint density at radius 1 is 1.24 bits per heavy atom. The van der Waals surface area contributed by atoms with E-state index >= 15 is 0 Å². The van der Waals surface area contributed by atoms with E-state index in [9.17, 15) is 15.2 Å². The standard InChI is InChI=1S/C16H18N2O3/c1-11-3-6-14(10-16(11)18(20)21)17-12(2)9-13-4-7-15(19)8-5-13/h3-8,10,12,17,19H,9H2,1-2H3. The van der Waals surface area contributed by atoms with Crippen molar-refractivity contribution in [3.63, 3.8) is 0 Å². The second-order valence-corrected chi connectivity index (χ2v) is 5.17. The first-order valence-corrected chi connectivity index (χ1v) is 6.75. The van der Waals surface area contributed by atoms with E-state index in [-0.39, 0.29) is 22.4 Å². The lowest BCUT2D eigenvalue weighted by molar-refractivity contribution is -0.385. The highest BCUT2D eigenvalue weighted by Crippen LogP contribution is 2.23. The molecular weight excluding hydrogens is 268 g/mol. The van der Waals surface area contributed by atoms with Gasteiger partial charge >= 0.3 is 0 Å². The number of nitro groups is 1. The number of rotatable bonds is 5. The van der Waals surface area contributed by atoms with Crippen molar-refractivity contribution in [1.82, 2.24) is 0 Å². The minimum Gasteiger partial charge on any atom is -0.508 e. The molecule has 110 valence electrons. The molecule has 5 heteroatoms. The van der Waals surface area contributed by atoms with E-state index in [0.717, 1.165) is 17.7 Å². The molecule has 0 heterocycles. The van der Waals surface area contributed by atoms with Crippen molar-refractivity contribution in [1.29, 1.82) is 0 Å². The molecule has 1 unspecified atom stereocenters. The summed E-state index contributed by atoms with van der Waals surface area (Å²) < 4.78 is 0. The van der Waals surface area contributed by atoms with E-state index < -0.39 is 0 Å². The molecule has 2 aromatic rings. The van der Waals surface area contributed by atoms with Crippen LogP contribution in [0.3, 0.4) is 0 Å². The fourth-order valence-electron chi connectivity index (χ4n) is 2.22. The average Bonchev–Trinajstić information content (AvgIpc) is 2.43. The molecule has 0 saturated heterocycles. The van der Waals surface area contributed by atoms with Gasteiger partial charge in [-0.3, -0.25) is 10.1 Å². The van der Waals surface area contributed by atoms with E-state index in [1.54, 1.807) is 31.2 Å². The summed E-state index contributed by atoms with van der Waals surface area (Å²) in [5.74, 6) is 0.244. The summed E-state index contributed by atoms with van der Waals surface area (Å²) >= 11 is 0. The van der Waals surface area contributed by atoms with Gasteiger partial charge in [0.15, 0.2) is 0 Å². The maximum atomic E-state index is 10.9. The molecule has 5 nitrogen and oxygen atoms in total. The highest BCUT2D eigenvalue weighted by Gasteiger charge is 2.12. The summed E-state index contributed by atoms with van der Waals surface area (Å²) in [7, 11) is 0. The molecule has 0 radical (unpaired) electrons. The zero-order valence-electron chi connectivity index (χ0n) is 12.0. The molecule has 2 N–H and O–H groups in total. The molecule has 0 spiro atoms. The van der Waals surface area contributed by atoms with Crippen molar-refractivity contribution in [3.05, 3.63) is 63.7 Å². The minimum absolute atomic E-state index is 0.122. The van der Waals surface area contributed by atoms with Crippen molar-refractivity contribution >= 4 is 11.4 Å². The van der Waals surface area contributed by atoms with E-state index in [1.165, 1.54) is 0 Å². The van der Waals surface area contributed by atoms with Crippen LogP contribution in [0.15, 0.2) is 42.5 Å². The number of nitro benzene ring substituents is 1. The fourth-order valence-corrected chi connectivity index (χ4v) is 2.22. The van der Waals surface area contributed by atoms with Crippen molar-refractivity contribution in [2.45, 2.75) is 26.3 Å². The summed E-state index contributed by atoms with van der Waals surface area (Å²) in [5.41, 5.74) is 2.60. The first kappa shape index (κ1) is 14.8. The lowest BCUT2D eigenvalue weighted by atomic mass is 10.1. The predicted octanol–water partition coefficient (Wildman–Crippen LogP) is 3.65. The number of nitrogens with zero attached hydrogens (tertiary/aromatic N) is 1. The third-order valence-corrected chi connectivity index (χ3v) is 3.30. The summed E-state index contributed by atoms with van der Waals surface area (Å²) in [6, 6.07) is 12.3. The number of hydrogen-bond donors (Lipinski definition) is 2. The highest BCUT2D eigenvalue weighted by atomic mass is 16.6. The fraction of sp³-hybridized carbons (Fsp3) is 0.250. The Labute approximate surface area is 123 Å². The maximum absolute atomic E-state index is 10.9. The summed E-state index contributed by atoms with van der Waals surface area (Å²) in [5, 5.41) is 23.5. The average molecular weight is 286 g/mol. The number of phenols is 1. The van der Waals surface area contributed by atoms with Crippen LogP contribution in [0.4, 0.5) is 11.4 Å². The Hall–Kier alpha value is -2.56. The van der Waals surface area contributed by atoms with Crippen molar-refractivity contribution in [3.8, 4) is 5.75 Å². The van der Waals surface area contributed by atoms with Gasteiger partial charge in [0.1, 0.15) is 5.75 Å². The van der Waals surface area contributed by atoms with Gasteiger partial charge in [0, 0.05) is 23.4 Å². The van der Waals surface area contributed by atoms with Crippen LogP contribution < -0.4 is 5.32 Å². The number of aryl methyl sites for hydroxylation is 1. The van der Waals surface area contributed by atoms with Crippen LogP contribution in [-0.4, -0.2) is 16.1 Å². The molecule has 1 atom stereocenters. The molecule has 0 aliphatic rings. The van der Waals surface area contributed by atoms with Crippen LogP contribution in [-0.2, 0) is 6.42 Å². The molecule has 0 amide bonds. The van der Waals surface area contributed by atoms with Gasteiger partial charge < -0.3 is 10.4 Å². The Balaban J connectivity index is 2.05. The first-order chi connectivity index (χ1) is 9.95. The predicted molar refractivity (Wildman–Crippen MR) is 82.7 cm³/mol. The molecule has 0 aromatic heterocycles. The van der Waals surface area contributed by atoms with E-state index in [1.807, 2.05) is 25.1 Å². The lowest BCUT2D eigenvalue weighted by Crippen LogP contribution is -2.18. The highest BCUT2D eigenvalue weighted by molar-refractivity contribution is 5.55. The zero-order chi connectivity index (χ0) is 15.4. The molecule has 2 aromatic carbocycles. The van der Waals surface area contributed by atoms with Crippen LogP contribution in [0.5, 0.6) is 5.75 Å². The second-order valence-electron chi connectivity index (χ2n) is 5.17. The maximum Gasteiger partial charge on any atom is 0.274 e. The zero-order valence-corrected chi connectivity index (χ0v) is 12.0. The van der Waals surface area contributed by atoms with Crippen molar-refractivity contribution in [2.24, 2.45) is 0 Å². The number of benzene rings is 2. The third-order valence-electron chi connectivity index (χ3n) is 3.30. The quantitative estimate of drug-likeness (QED) is 0.649. The van der Waals surface area contributed by atoms with Gasteiger partial charge in [0.2, 0.25) is 0 Å². The number of aromatic hydroxyl groups is 1. The van der Waals surface area contributed by atoms with Crippen LogP contribution in [0.1, 0.15) is 18.1 Å². The van der Waals surface area contributed by atoms with Gasteiger partial charge in [-0.1, -0.05) is 18.2 Å². The molecule has 0 aliphatic carbocycles. The summed E-state index contributed by atoms with van der Waals surface area (Å²) in [4.78, 5) is 10.6. The Morgan fingerprint density at radius 3 is 2.52 bits per heavy atom. The molecule has 2 rings (SSSR count). The van der Waals surface area contributed by atoms with Gasteiger partial charge in [-0.15, -0.1) is 0 Å². The monoisotopic (exact) mass is 286 g/mol. The molecule has 21 heavy (non-hydrogen) atoms. The number of nitrogens with one attached hydrogen (secondary N) is 1. The van der Waals surface area contributed by atoms with E-state index in [2.05, 4.69) is 5.32 Å². The largest absolute Gasteiger partial charge is 0.508 e. The number of anilines is 1. The SMILES string of the molecule is Cc1ccc(NC(C)Cc2ccc(O)cc2)cc1[N+](=O)[O-]. The van der Waals surface area contributed by atoms with Crippen molar-refractivity contribution in [2.75, 3.05) is 5.32 Å². The van der Waals surface area contributed by atoms with Crippen LogP contribution >= 0.6 is 0 Å². The smallest absolute Gasteiger partial charge is 0.274 e. The minimum atomic E-state index is -0.370. The van der Waals surface area contributed by atoms with Gasteiger partial charge in [0.05, 0.1) is 4.92 Å². The van der Waals surface area contributed by atoms with Gasteiger partial charge in [-0.05, 0) is 44.0 Å². The Morgan fingerprint density at radius 2 is 1.90 bits per heavy atom.